The molecule has 0 aliphatic rings. The number of hydrogen-bond acceptors (Lipinski definition) is 3. The Morgan fingerprint density at radius 2 is 2.00 bits per heavy atom. The first-order valence-corrected chi connectivity index (χ1v) is 4.81. The molecule has 0 fully saturated rings. The molecule has 1 aromatic carbocycles. The zero-order valence-electron chi connectivity index (χ0n) is 8.98. The number of ether oxygens (including phenoxy) is 1. The highest BCUT2D eigenvalue weighted by atomic mass is 35.5. The number of hydrogen-bond donors (Lipinski definition) is 1. The van der Waals surface area contributed by atoms with E-state index in [-0.39, 0.29) is 30.7 Å². The van der Waals surface area contributed by atoms with Crippen LogP contribution in [0.2, 0.25) is 0 Å². The summed E-state index contributed by atoms with van der Waals surface area (Å²) in [6.07, 6.45) is 0. The number of carbonyl (C=O) groups excluding carboxylic acids is 1. The molecule has 0 bridgehead atoms. The van der Waals surface area contributed by atoms with Crippen molar-refractivity contribution in [2.45, 2.75) is 12.8 Å². The lowest BCUT2D eigenvalue weighted by atomic mass is 9.99. The largest absolute Gasteiger partial charge is 0.465 e. The van der Waals surface area contributed by atoms with E-state index in [9.17, 15) is 9.18 Å². The molecule has 2 N–H and O–H groups in total. The van der Waals surface area contributed by atoms with Gasteiger partial charge in [0.05, 0.1) is 12.5 Å². The van der Waals surface area contributed by atoms with Gasteiger partial charge in [-0.2, -0.15) is 0 Å². The van der Waals surface area contributed by atoms with E-state index < -0.39 is 5.92 Å². The third-order valence-corrected chi connectivity index (χ3v) is 2.08. The minimum atomic E-state index is -0.509. The van der Waals surface area contributed by atoms with E-state index in [2.05, 4.69) is 0 Å². The highest BCUT2D eigenvalue weighted by molar-refractivity contribution is 5.85. The number of esters is 1. The van der Waals surface area contributed by atoms with E-state index >= 15 is 0 Å². The minimum absolute atomic E-state index is 0. The molecule has 0 aliphatic carbocycles. The molecule has 5 heteroatoms. The van der Waals surface area contributed by atoms with Gasteiger partial charge in [-0.15, -0.1) is 12.4 Å². The molecule has 0 aromatic heterocycles. The van der Waals surface area contributed by atoms with Gasteiger partial charge >= 0.3 is 5.97 Å². The SMILES string of the molecule is CCOC(=O)[C@@H](CN)c1ccc(F)cc1.Cl. The zero-order chi connectivity index (χ0) is 11.3. The average molecular weight is 248 g/mol. The van der Waals surface area contributed by atoms with Crippen molar-refractivity contribution < 1.29 is 13.9 Å². The van der Waals surface area contributed by atoms with Gasteiger partial charge < -0.3 is 10.5 Å². The Balaban J connectivity index is 0.00000225. The van der Waals surface area contributed by atoms with Crippen molar-refractivity contribution in [2.24, 2.45) is 5.73 Å². The summed E-state index contributed by atoms with van der Waals surface area (Å²) < 4.78 is 17.5. The molecule has 0 amide bonds. The predicted molar refractivity (Wildman–Crippen MR) is 62.1 cm³/mol. The van der Waals surface area contributed by atoms with E-state index in [0.29, 0.717) is 12.2 Å². The fourth-order valence-corrected chi connectivity index (χ4v) is 1.31. The molecule has 0 saturated carbocycles. The number of benzene rings is 1. The fraction of sp³-hybridized carbons (Fsp3) is 0.364. The molecule has 16 heavy (non-hydrogen) atoms. The summed E-state index contributed by atoms with van der Waals surface area (Å²) >= 11 is 0. The molecule has 0 saturated heterocycles. The Bertz CT molecular complexity index is 329. The normalized spacial score (nSPS) is 11.4. The summed E-state index contributed by atoms with van der Waals surface area (Å²) in [4.78, 5) is 11.5. The van der Waals surface area contributed by atoms with Gasteiger partial charge in [-0.25, -0.2) is 4.39 Å². The second-order valence-corrected chi connectivity index (χ2v) is 3.09. The Kier molecular flexibility index (Phi) is 6.69. The van der Waals surface area contributed by atoms with Crippen LogP contribution in [0.1, 0.15) is 18.4 Å². The topological polar surface area (TPSA) is 52.3 Å². The van der Waals surface area contributed by atoms with Crippen molar-refractivity contribution in [1.29, 1.82) is 0 Å². The van der Waals surface area contributed by atoms with Crippen LogP contribution in [0.3, 0.4) is 0 Å². The van der Waals surface area contributed by atoms with Crippen LogP contribution < -0.4 is 5.73 Å². The van der Waals surface area contributed by atoms with Crippen LogP contribution in [0, 0.1) is 5.82 Å². The summed E-state index contributed by atoms with van der Waals surface area (Å²) in [5, 5.41) is 0. The van der Waals surface area contributed by atoms with Crippen LogP contribution >= 0.6 is 12.4 Å². The smallest absolute Gasteiger partial charge is 0.314 e. The molecule has 0 aliphatic heterocycles. The highest BCUT2D eigenvalue weighted by Gasteiger charge is 2.19. The van der Waals surface area contributed by atoms with Crippen LogP contribution in [0.15, 0.2) is 24.3 Å². The minimum Gasteiger partial charge on any atom is -0.465 e. The van der Waals surface area contributed by atoms with Crippen LogP contribution in [-0.4, -0.2) is 19.1 Å². The summed E-state index contributed by atoms with van der Waals surface area (Å²) in [6.45, 7) is 2.21. The molecular formula is C11H15ClFNO2. The van der Waals surface area contributed by atoms with Gasteiger partial charge in [0.2, 0.25) is 0 Å². The van der Waals surface area contributed by atoms with Crippen molar-refractivity contribution in [2.75, 3.05) is 13.2 Å². The molecule has 0 spiro atoms. The van der Waals surface area contributed by atoms with E-state index in [1.54, 1.807) is 19.1 Å². The van der Waals surface area contributed by atoms with Crippen molar-refractivity contribution >= 4 is 18.4 Å². The highest BCUT2D eigenvalue weighted by Crippen LogP contribution is 2.16. The number of rotatable bonds is 4. The van der Waals surface area contributed by atoms with Crippen molar-refractivity contribution in [3.63, 3.8) is 0 Å². The van der Waals surface area contributed by atoms with Crippen molar-refractivity contribution in [3.8, 4) is 0 Å². The third kappa shape index (κ3) is 3.79. The van der Waals surface area contributed by atoms with E-state index in [1.807, 2.05) is 0 Å². The lowest BCUT2D eigenvalue weighted by Gasteiger charge is -2.13. The monoisotopic (exact) mass is 247 g/mol. The molecule has 1 atom stereocenters. The Hall–Kier alpha value is -1.13. The lowest BCUT2D eigenvalue weighted by Crippen LogP contribution is -2.23. The van der Waals surface area contributed by atoms with Gasteiger partial charge in [0.15, 0.2) is 0 Å². The second-order valence-electron chi connectivity index (χ2n) is 3.09. The molecule has 0 radical (unpaired) electrons. The molecule has 1 aromatic rings. The lowest BCUT2D eigenvalue weighted by molar-refractivity contribution is -0.144. The first-order valence-electron chi connectivity index (χ1n) is 4.81. The van der Waals surface area contributed by atoms with E-state index in [4.69, 9.17) is 10.5 Å². The molecular weight excluding hydrogens is 233 g/mol. The van der Waals surface area contributed by atoms with Gasteiger partial charge in [-0.05, 0) is 24.6 Å². The van der Waals surface area contributed by atoms with Gasteiger partial charge in [-0.3, -0.25) is 4.79 Å². The summed E-state index contributed by atoms with van der Waals surface area (Å²) in [5.41, 5.74) is 6.16. The predicted octanol–water partition coefficient (Wildman–Crippen LogP) is 1.85. The summed E-state index contributed by atoms with van der Waals surface area (Å²) in [6, 6.07) is 5.70. The van der Waals surface area contributed by atoms with Gasteiger partial charge in [0.1, 0.15) is 5.82 Å². The Morgan fingerprint density at radius 3 is 2.44 bits per heavy atom. The average Bonchev–Trinajstić information content (AvgIpc) is 2.22. The van der Waals surface area contributed by atoms with Gasteiger partial charge in [0, 0.05) is 6.54 Å². The summed E-state index contributed by atoms with van der Waals surface area (Å²) in [7, 11) is 0. The quantitative estimate of drug-likeness (QED) is 0.827. The standard InChI is InChI=1S/C11H14FNO2.ClH/c1-2-15-11(14)10(7-13)8-3-5-9(12)6-4-8;/h3-6,10H,2,7,13H2,1H3;1H/t10-;/m0./s1. The van der Waals surface area contributed by atoms with Gasteiger partial charge in [0.25, 0.3) is 0 Å². The summed E-state index contributed by atoms with van der Waals surface area (Å²) in [5.74, 6) is -1.21. The van der Waals surface area contributed by atoms with Crippen molar-refractivity contribution in [3.05, 3.63) is 35.6 Å². The van der Waals surface area contributed by atoms with Gasteiger partial charge in [-0.1, -0.05) is 12.1 Å². The molecule has 0 heterocycles. The first-order chi connectivity index (χ1) is 7.19. The Labute approximate surface area is 100 Å². The van der Waals surface area contributed by atoms with Crippen LogP contribution in [0.5, 0.6) is 0 Å². The zero-order valence-corrected chi connectivity index (χ0v) is 9.80. The molecule has 90 valence electrons. The van der Waals surface area contributed by atoms with Crippen molar-refractivity contribution in [1.82, 2.24) is 0 Å². The van der Waals surface area contributed by atoms with E-state index in [1.165, 1.54) is 12.1 Å². The number of carbonyl (C=O) groups is 1. The van der Waals surface area contributed by atoms with Crippen LogP contribution in [0.25, 0.3) is 0 Å². The maximum atomic E-state index is 12.7. The molecule has 0 unspecified atom stereocenters. The van der Waals surface area contributed by atoms with Crippen LogP contribution in [0.4, 0.5) is 4.39 Å². The molecule has 1 rings (SSSR count). The molecule has 3 nitrogen and oxygen atoms in total. The number of nitrogens with two attached hydrogens (primary N) is 1. The maximum Gasteiger partial charge on any atom is 0.314 e. The number of halogens is 2. The van der Waals surface area contributed by atoms with E-state index in [0.717, 1.165) is 0 Å². The maximum absolute atomic E-state index is 12.7. The first kappa shape index (κ1) is 14.9. The second kappa shape index (κ2) is 7.19. The Morgan fingerprint density at radius 1 is 1.44 bits per heavy atom. The van der Waals surface area contributed by atoms with Crippen LogP contribution in [-0.2, 0) is 9.53 Å². The third-order valence-electron chi connectivity index (χ3n) is 2.08. The fourth-order valence-electron chi connectivity index (χ4n) is 1.31.